The summed E-state index contributed by atoms with van der Waals surface area (Å²) in [7, 11) is 0. The number of rotatable bonds is 6. The lowest BCUT2D eigenvalue weighted by Gasteiger charge is -2.06. The molecule has 0 atom stereocenters. The minimum absolute atomic E-state index is 0.0607. The van der Waals surface area contributed by atoms with Crippen molar-refractivity contribution in [3.63, 3.8) is 0 Å². The van der Waals surface area contributed by atoms with E-state index in [1.807, 2.05) is 31.2 Å². The maximum atomic E-state index is 11.7. The molecule has 106 valence electrons. The summed E-state index contributed by atoms with van der Waals surface area (Å²) in [6.45, 7) is 2.38. The Kier molecular flexibility index (Phi) is 5.03. The molecule has 0 fully saturated rings. The molecular formula is C13H16N4O2S. The number of carbonyl (C=O) groups is 1. The van der Waals surface area contributed by atoms with Gasteiger partial charge in [0.05, 0.1) is 0 Å². The largest absolute Gasteiger partial charge is 0.484 e. The van der Waals surface area contributed by atoms with Gasteiger partial charge in [0.2, 0.25) is 5.13 Å². The predicted molar refractivity (Wildman–Crippen MR) is 78.0 cm³/mol. The lowest BCUT2D eigenvalue weighted by Crippen LogP contribution is -2.20. The number of carbonyl (C=O) groups excluding carboxylic acids is 1. The Labute approximate surface area is 121 Å². The summed E-state index contributed by atoms with van der Waals surface area (Å²) in [5.74, 6) is 0.390. The maximum absolute atomic E-state index is 11.7. The number of hydrogen-bond donors (Lipinski definition) is 2. The van der Waals surface area contributed by atoms with Gasteiger partial charge in [-0.25, -0.2) is 0 Å². The van der Waals surface area contributed by atoms with Gasteiger partial charge in [0.1, 0.15) is 10.8 Å². The molecule has 0 aliphatic rings. The molecule has 1 aromatic carbocycles. The smallest absolute Gasteiger partial charge is 0.264 e. The van der Waals surface area contributed by atoms with Crippen LogP contribution in [0.5, 0.6) is 5.75 Å². The predicted octanol–water partition coefficient (Wildman–Crippen LogP) is 1.37. The summed E-state index contributed by atoms with van der Waals surface area (Å²) < 4.78 is 5.39. The fourth-order valence-electron chi connectivity index (χ4n) is 1.57. The van der Waals surface area contributed by atoms with Gasteiger partial charge in [-0.2, -0.15) is 0 Å². The molecule has 0 unspecified atom stereocenters. The molecule has 2 rings (SSSR count). The fraction of sp³-hybridized carbons (Fsp3) is 0.308. The second-order valence-electron chi connectivity index (χ2n) is 4.15. The van der Waals surface area contributed by atoms with Gasteiger partial charge in [0, 0.05) is 0 Å². The first kappa shape index (κ1) is 14.4. The van der Waals surface area contributed by atoms with Crippen molar-refractivity contribution in [3.8, 4) is 5.75 Å². The highest BCUT2D eigenvalue weighted by molar-refractivity contribution is 7.15. The zero-order valence-corrected chi connectivity index (χ0v) is 11.9. The van der Waals surface area contributed by atoms with Gasteiger partial charge in [0.25, 0.3) is 5.91 Å². The van der Waals surface area contributed by atoms with Crippen LogP contribution >= 0.6 is 11.3 Å². The van der Waals surface area contributed by atoms with E-state index in [9.17, 15) is 4.79 Å². The van der Waals surface area contributed by atoms with Crippen LogP contribution in [-0.4, -0.2) is 29.3 Å². The molecule has 0 saturated heterocycles. The number of nitrogens with one attached hydrogen (secondary N) is 1. The summed E-state index contributed by atoms with van der Waals surface area (Å²) in [6, 6.07) is 7.53. The molecule has 0 radical (unpaired) electrons. The van der Waals surface area contributed by atoms with Crippen molar-refractivity contribution in [2.45, 2.75) is 13.3 Å². The number of benzene rings is 1. The molecule has 6 nitrogen and oxygen atoms in total. The van der Waals surface area contributed by atoms with E-state index < -0.39 is 0 Å². The molecule has 1 amide bonds. The highest BCUT2D eigenvalue weighted by Gasteiger charge is 2.07. The van der Waals surface area contributed by atoms with Crippen molar-refractivity contribution >= 4 is 22.4 Å². The average Bonchev–Trinajstić information content (AvgIpc) is 2.84. The molecule has 0 bridgehead atoms. The van der Waals surface area contributed by atoms with Crippen LogP contribution in [0.15, 0.2) is 24.3 Å². The van der Waals surface area contributed by atoms with Crippen molar-refractivity contribution in [3.05, 3.63) is 34.8 Å². The summed E-state index contributed by atoms with van der Waals surface area (Å²) >= 11 is 1.32. The number of anilines is 1. The number of aromatic nitrogens is 2. The van der Waals surface area contributed by atoms with Crippen LogP contribution in [-0.2, 0) is 11.2 Å². The van der Waals surface area contributed by atoms with Gasteiger partial charge in [-0.3, -0.25) is 10.1 Å². The number of amides is 1. The van der Waals surface area contributed by atoms with Gasteiger partial charge in [0.15, 0.2) is 6.61 Å². The van der Waals surface area contributed by atoms with Crippen molar-refractivity contribution in [1.82, 2.24) is 10.2 Å². The van der Waals surface area contributed by atoms with E-state index in [1.54, 1.807) is 0 Å². The van der Waals surface area contributed by atoms with Gasteiger partial charge in [-0.15, -0.1) is 10.2 Å². The molecule has 7 heteroatoms. The number of hydrogen-bond acceptors (Lipinski definition) is 6. The summed E-state index contributed by atoms with van der Waals surface area (Å²) in [5, 5.41) is 11.5. The Morgan fingerprint density at radius 1 is 1.35 bits per heavy atom. The molecule has 3 N–H and O–H groups in total. The lowest BCUT2D eigenvalue weighted by atomic mass is 10.1. The van der Waals surface area contributed by atoms with E-state index in [2.05, 4.69) is 15.5 Å². The maximum Gasteiger partial charge on any atom is 0.264 e. The topological polar surface area (TPSA) is 90.1 Å². The molecule has 2 aromatic rings. The van der Waals surface area contributed by atoms with E-state index in [-0.39, 0.29) is 12.5 Å². The lowest BCUT2D eigenvalue weighted by molar-refractivity contribution is -0.118. The quantitative estimate of drug-likeness (QED) is 0.839. The minimum Gasteiger partial charge on any atom is -0.484 e. The zero-order chi connectivity index (χ0) is 14.4. The molecule has 0 spiro atoms. The highest BCUT2D eigenvalue weighted by atomic mass is 32.1. The number of aryl methyl sites for hydroxylation is 1. The summed E-state index contributed by atoms with van der Waals surface area (Å²) in [5.41, 5.74) is 6.62. The third-order valence-corrected chi connectivity index (χ3v) is 3.25. The number of nitrogens with two attached hydrogens (primary N) is 1. The summed E-state index contributed by atoms with van der Waals surface area (Å²) in [6.07, 6.45) is 0.831. The van der Waals surface area contributed by atoms with Crippen LogP contribution in [0.2, 0.25) is 0 Å². The molecule has 0 aliphatic carbocycles. The average molecular weight is 292 g/mol. The zero-order valence-electron chi connectivity index (χ0n) is 11.1. The van der Waals surface area contributed by atoms with Crippen molar-refractivity contribution < 1.29 is 9.53 Å². The molecule has 1 aromatic heterocycles. The first-order valence-corrected chi connectivity index (χ1v) is 7.01. The van der Waals surface area contributed by atoms with Gasteiger partial charge >= 0.3 is 0 Å². The van der Waals surface area contributed by atoms with Crippen LogP contribution in [0, 0.1) is 6.92 Å². The second-order valence-corrected chi connectivity index (χ2v) is 5.33. The molecule has 20 heavy (non-hydrogen) atoms. The van der Waals surface area contributed by atoms with Crippen molar-refractivity contribution in [2.24, 2.45) is 5.73 Å². The van der Waals surface area contributed by atoms with Crippen LogP contribution in [0.25, 0.3) is 0 Å². The van der Waals surface area contributed by atoms with E-state index in [0.29, 0.717) is 17.4 Å². The van der Waals surface area contributed by atoms with Crippen LogP contribution in [0.4, 0.5) is 5.13 Å². The molecule has 0 aliphatic heterocycles. The normalized spacial score (nSPS) is 10.3. The minimum atomic E-state index is -0.257. The highest BCUT2D eigenvalue weighted by Crippen LogP contribution is 2.14. The first-order valence-electron chi connectivity index (χ1n) is 6.19. The standard InChI is InChI=1S/C13H16N4O2S/c1-9-16-17-13(20-9)15-12(18)8-19-11-4-2-10(3-5-11)6-7-14/h2-5H,6-8,14H2,1H3,(H,15,17,18). The van der Waals surface area contributed by atoms with E-state index in [1.165, 1.54) is 11.3 Å². The Hall–Kier alpha value is -1.99. The van der Waals surface area contributed by atoms with E-state index >= 15 is 0 Å². The van der Waals surface area contributed by atoms with Gasteiger partial charge in [-0.1, -0.05) is 23.5 Å². The fourth-order valence-corrected chi connectivity index (χ4v) is 2.18. The Balaban J connectivity index is 1.80. The Bertz CT molecular complexity index is 568. The Morgan fingerprint density at radius 2 is 2.10 bits per heavy atom. The third-order valence-electron chi connectivity index (χ3n) is 2.50. The third kappa shape index (κ3) is 4.29. The summed E-state index contributed by atoms with van der Waals surface area (Å²) in [4.78, 5) is 11.7. The monoisotopic (exact) mass is 292 g/mol. The van der Waals surface area contributed by atoms with Gasteiger partial charge in [-0.05, 0) is 37.6 Å². The number of ether oxygens (including phenoxy) is 1. The SMILES string of the molecule is Cc1nnc(NC(=O)COc2ccc(CCN)cc2)s1. The molecular weight excluding hydrogens is 276 g/mol. The van der Waals surface area contributed by atoms with Crippen LogP contribution < -0.4 is 15.8 Å². The molecule has 0 saturated carbocycles. The Morgan fingerprint density at radius 3 is 2.70 bits per heavy atom. The van der Waals surface area contributed by atoms with Gasteiger partial charge < -0.3 is 10.5 Å². The molecule has 1 heterocycles. The van der Waals surface area contributed by atoms with Crippen molar-refractivity contribution in [2.75, 3.05) is 18.5 Å². The van der Waals surface area contributed by atoms with Crippen LogP contribution in [0.1, 0.15) is 10.6 Å². The first-order chi connectivity index (χ1) is 9.67. The number of nitrogens with zero attached hydrogens (tertiary/aromatic N) is 2. The second kappa shape index (κ2) is 6.97. The van der Waals surface area contributed by atoms with E-state index in [0.717, 1.165) is 17.0 Å². The van der Waals surface area contributed by atoms with Crippen LogP contribution in [0.3, 0.4) is 0 Å². The van der Waals surface area contributed by atoms with Crippen molar-refractivity contribution in [1.29, 1.82) is 0 Å². The van der Waals surface area contributed by atoms with E-state index in [4.69, 9.17) is 10.5 Å².